The third kappa shape index (κ3) is 41.7. The first kappa shape index (κ1) is 38.0. The second kappa shape index (κ2) is 27.0. The Morgan fingerprint density at radius 1 is 0.324 bits per heavy atom. The number of ketones is 1. The van der Waals surface area contributed by atoms with E-state index in [-0.39, 0.29) is 33.8 Å². The van der Waals surface area contributed by atoms with Gasteiger partial charge in [0.15, 0.2) is 0 Å². The van der Waals surface area contributed by atoms with Crippen LogP contribution in [0.4, 0.5) is 0 Å². The topological polar surface area (TPSA) is 119 Å². The van der Waals surface area contributed by atoms with Crippen LogP contribution >= 0.6 is 69.6 Å². The number of Topliss-reactive ketones (excluding diaryl/α,β-unsaturated/α-hetero) is 1. The fraction of sp³-hybridized carbons (Fsp3) is 0.667. The quantitative estimate of drug-likeness (QED) is 0.0984. The highest BCUT2D eigenvalue weighted by Gasteiger charge is 2.10. The summed E-state index contributed by atoms with van der Waals surface area (Å²) in [5.41, 5.74) is 0. The van der Waals surface area contributed by atoms with Crippen LogP contribution in [0.1, 0.15) is 89.9 Å². The normalized spacial score (nSPS) is 9.59. The zero-order valence-electron chi connectivity index (χ0n) is 18.5. The molecular weight excluding hydrogens is 577 g/mol. The lowest BCUT2D eigenvalue weighted by Crippen LogP contribution is -2.07. The van der Waals surface area contributed by atoms with Gasteiger partial charge in [0.25, 0.3) is 5.24 Å². The molecule has 0 atom stereocenters. The van der Waals surface area contributed by atoms with Gasteiger partial charge in [-0.3, -0.25) is 33.6 Å². The average molecular weight is 605 g/mol. The molecule has 13 heteroatoms. The highest BCUT2D eigenvalue weighted by molar-refractivity contribution is 6.81. The maximum atomic E-state index is 10.4. The number of carbonyl (C=O) groups excluding carboxylic acids is 7. The summed E-state index contributed by atoms with van der Waals surface area (Å²) < 4.78 is 0. The van der Waals surface area contributed by atoms with E-state index in [1.54, 1.807) is 0 Å². The van der Waals surface area contributed by atoms with Crippen molar-refractivity contribution in [3.05, 3.63) is 0 Å². The maximum Gasteiger partial charge on any atom is 0.288 e. The minimum absolute atomic E-state index is 0.140. The Morgan fingerprint density at radius 3 is 0.794 bits per heavy atom. The molecule has 0 N–H and O–H groups in total. The zero-order valence-corrected chi connectivity index (χ0v) is 23.1. The van der Waals surface area contributed by atoms with Gasteiger partial charge >= 0.3 is 0 Å². The van der Waals surface area contributed by atoms with E-state index in [4.69, 9.17) is 69.6 Å². The largest absolute Gasteiger partial charge is 0.289 e. The standard InChI is InChI=1S/C10H16Cl2O2.C6H8Cl2O2.C5H4Cl2O3/c11-9(13)7-5-3-1-2-4-6-8-10(12)14;7-5(9)3-1-2-4-6(8)10;6-4(9)2-1-3(8)5(7)10/h1-8H2;1-4H2;1-2H2. The van der Waals surface area contributed by atoms with Gasteiger partial charge in [-0.25, -0.2) is 0 Å². The molecule has 0 aromatic rings. The van der Waals surface area contributed by atoms with Gasteiger partial charge in [-0.05, 0) is 95.3 Å². The van der Waals surface area contributed by atoms with Crippen molar-refractivity contribution < 1.29 is 33.6 Å². The van der Waals surface area contributed by atoms with Crippen LogP contribution in [0.5, 0.6) is 0 Å². The van der Waals surface area contributed by atoms with Gasteiger partial charge in [-0.15, -0.1) is 0 Å². The summed E-state index contributed by atoms with van der Waals surface area (Å²) in [5.74, 6) is -0.782. The van der Waals surface area contributed by atoms with E-state index < -0.39 is 16.3 Å². The van der Waals surface area contributed by atoms with Crippen molar-refractivity contribution in [1.82, 2.24) is 0 Å². The molecule has 7 nitrogen and oxygen atoms in total. The molecule has 0 aromatic heterocycles. The van der Waals surface area contributed by atoms with Crippen LogP contribution in [0.2, 0.25) is 0 Å². The molecule has 34 heavy (non-hydrogen) atoms. The summed E-state index contributed by atoms with van der Waals surface area (Å²) in [4.78, 5) is 71.4. The molecule has 0 aliphatic carbocycles. The van der Waals surface area contributed by atoms with Crippen molar-refractivity contribution in [2.45, 2.75) is 89.9 Å². The minimum atomic E-state index is -1.06. The number of rotatable bonds is 18. The van der Waals surface area contributed by atoms with E-state index in [1.165, 1.54) is 0 Å². The Labute approximate surface area is 229 Å². The predicted molar refractivity (Wildman–Crippen MR) is 135 cm³/mol. The van der Waals surface area contributed by atoms with Gasteiger partial charge in [-0.2, -0.15) is 0 Å². The number of hydrogen-bond acceptors (Lipinski definition) is 7. The van der Waals surface area contributed by atoms with E-state index in [2.05, 4.69) is 0 Å². The van der Waals surface area contributed by atoms with Crippen molar-refractivity contribution in [1.29, 1.82) is 0 Å². The van der Waals surface area contributed by atoms with Crippen LogP contribution in [0.3, 0.4) is 0 Å². The third-order valence-corrected chi connectivity index (χ3v) is 4.92. The predicted octanol–water partition coefficient (Wildman–Crippen LogP) is 6.58. The minimum Gasteiger partial charge on any atom is -0.289 e. The molecule has 0 saturated heterocycles. The average Bonchev–Trinajstić information content (AvgIpc) is 2.71. The lowest BCUT2D eigenvalue weighted by atomic mass is 10.1. The highest BCUT2D eigenvalue weighted by atomic mass is 35.5. The summed E-state index contributed by atoms with van der Waals surface area (Å²) in [7, 11) is 0. The molecule has 0 fully saturated rings. The Morgan fingerprint density at radius 2 is 0.559 bits per heavy atom. The maximum absolute atomic E-state index is 10.4. The molecule has 0 radical (unpaired) electrons. The number of halogens is 6. The van der Waals surface area contributed by atoms with Gasteiger partial charge in [0.1, 0.15) is 0 Å². The zero-order chi connectivity index (χ0) is 26.9. The third-order valence-electron chi connectivity index (χ3n) is 3.76. The summed E-state index contributed by atoms with van der Waals surface area (Å²) in [6.45, 7) is 0. The van der Waals surface area contributed by atoms with Crippen molar-refractivity contribution in [3.63, 3.8) is 0 Å². The molecule has 0 heterocycles. The second-order valence-corrected chi connectivity index (χ2v) is 9.25. The smallest absolute Gasteiger partial charge is 0.288 e. The van der Waals surface area contributed by atoms with Gasteiger partial charge in [0.2, 0.25) is 32.0 Å². The van der Waals surface area contributed by atoms with Crippen LogP contribution in [-0.4, -0.2) is 37.2 Å². The van der Waals surface area contributed by atoms with Gasteiger partial charge in [0, 0.05) is 38.5 Å². The Bertz CT molecular complexity index is 632. The molecule has 0 bridgehead atoms. The van der Waals surface area contributed by atoms with E-state index in [9.17, 15) is 33.6 Å². The van der Waals surface area contributed by atoms with Crippen LogP contribution < -0.4 is 0 Å². The van der Waals surface area contributed by atoms with E-state index in [0.29, 0.717) is 38.5 Å². The van der Waals surface area contributed by atoms with Crippen molar-refractivity contribution >= 4 is 107 Å². The van der Waals surface area contributed by atoms with Crippen LogP contribution in [0.25, 0.3) is 0 Å². The molecular formula is C21H28Cl6O7. The van der Waals surface area contributed by atoms with E-state index in [0.717, 1.165) is 38.5 Å². The lowest BCUT2D eigenvalue weighted by Gasteiger charge is -1.98. The van der Waals surface area contributed by atoms with Gasteiger partial charge in [0.05, 0.1) is 0 Å². The SMILES string of the molecule is O=C(Cl)CCC(=O)C(=O)Cl.O=C(Cl)CCCCC(=O)Cl.O=C(Cl)CCCCCCCCC(=O)Cl. The molecule has 0 aliphatic rings. The lowest BCUT2D eigenvalue weighted by molar-refractivity contribution is -0.132. The second-order valence-electron chi connectivity index (χ2n) is 6.80. The Balaban J connectivity index is -0.000000434. The molecule has 0 saturated carbocycles. The fourth-order valence-electron chi connectivity index (χ4n) is 2.07. The first-order chi connectivity index (χ1) is 15.8. The molecule has 0 amide bonds. The number of hydrogen-bond donors (Lipinski definition) is 0. The van der Waals surface area contributed by atoms with Gasteiger partial charge < -0.3 is 0 Å². The molecule has 0 unspecified atom stereocenters. The summed E-state index contributed by atoms with van der Waals surface area (Å²) in [6, 6.07) is 0. The van der Waals surface area contributed by atoms with Crippen molar-refractivity contribution in [2.75, 3.05) is 0 Å². The number of carbonyl (C=O) groups is 7. The molecule has 0 spiro atoms. The van der Waals surface area contributed by atoms with Crippen LogP contribution in [0.15, 0.2) is 0 Å². The van der Waals surface area contributed by atoms with Crippen molar-refractivity contribution in [2.24, 2.45) is 0 Å². The van der Waals surface area contributed by atoms with E-state index in [1.807, 2.05) is 0 Å². The Hall–Kier alpha value is -0.570. The van der Waals surface area contributed by atoms with Crippen LogP contribution in [-0.2, 0) is 33.6 Å². The summed E-state index contributed by atoms with van der Waals surface area (Å²) >= 11 is 30.1. The highest BCUT2D eigenvalue weighted by Crippen LogP contribution is 2.10. The summed E-state index contributed by atoms with van der Waals surface area (Å²) in [6.07, 6.45) is 8.54. The molecule has 0 aromatic carbocycles. The fourth-order valence-corrected chi connectivity index (χ4v) is 2.80. The first-order valence-electron chi connectivity index (χ1n) is 10.4. The molecule has 196 valence electrons. The van der Waals surface area contributed by atoms with Crippen LogP contribution in [0, 0.1) is 0 Å². The monoisotopic (exact) mass is 602 g/mol. The van der Waals surface area contributed by atoms with Gasteiger partial charge in [-0.1, -0.05) is 25.7 Å². The molecule has 0 rings (SSSR count). The number of unbranched alkanes of at least 4 members (excludes halogenated alkanes) is 6. The van der Waals surface area contributed by atoms with E-state index >= 15 is 0 Å². The Kier molecular flexibility index (Phi) is 30.2. The molecule has 0 aliphatic heterocycles. The summed E-state index contributed by atoms with van der Waals surface area (Å²) in [5, 5.41) is -2.93. The first-order valence-corrected chi connectivity index (χ1v) is 12.7. The van der Waals surface area contributed by atoms with Crippen molar-refractivity contribution in [3.8, 4) is 0 Å².